The van der Waals surface area contributed by atoms with Gasteiger partial charge in [0.25, 0.3) is 0 Å². The maximum Gasteiger partial charge on any atom is 0.234 e. The highest BCUT2D eigenvalue weighted by molar-refractivity contribution is 7.99. The number of hydrogen-bond acceptors (Lipinski definition) is 3. The van der Waals surface area contributed by atoms with Crippen molar-refractivity contribution >= 4 is 34.1 Å². The number of thioether (sulfide) groups is 1. The molecule has 3 rings (SSSR count). The first-order valence-corrected chi connectivity index (χ1v) is 8.90. The molecule has 0 unspecified atom stereocenters. The summed E-state index contributed by atoms with van der Waals surface area (Å²) in [4.78, 5) is 12.2. The molecule has 0 aliphatic rings. The molecular formula is C20H19NO2S. The number of ether oxygens (including phenoxy) is 1. The molecule has 1 amide bonds. The van der Waals surface area contributed by atoms with Crippen molar-refractivity contribution in [2.24, 2.45) is 0 Å². The van der Waals surface area contributed by atoms with E-state index in [2.05, 4.69) is 17.4 Å². The van der Waals surface area contributed by atoms with Gasteiger partial charge in [0, 0.05) is 22.2 Å². The molecule has 122 valence electrons. The first-order chi connectivity index (χ1) is 11.8. The van der Waals surface area contributed by atoms with Gasteiger partial charge in [-0.15, -0.1) is 11.8 Å². The Morgan fingerprint density at radius 1 is 0.958 bits per heavy atom. The summed E-state index contributed by atoms with van der Waals surface area (Å²) in [6.07, 6.45) is 0. The number of carbonyl (C=O) groups is 1. The van der Waals surface area contributed by atoms with Crippen LogP contribution in [0.4, 0.5) is 5.69 Å². The molecule has 0 aromatic heterocycles. The van der Waals surface area contributed by atoms with E-state index in [1.807, 2.05) is 54.6 Å². The molecule has 0 radical (unpaired) electrons. The molecule has 3 nitrogen and oxygen atoms in total. The summed E-state index contributed by atoms with van der Waals surface area (Å²) in [6.45, 7) is 0. The zero-order valence-corrected chi connectivity index (χ0v) is 14.3. The zero-order chi connectivity index (χ0) is 16.8. The second kappa shape index (κ2) is 7.88. The summed E-state index contributed by atoms with van der Waals surface area (Å²) in [7, 11) is 1.65. The van der Waals surface area contributed by atoms with Crippen LogP contribution in [0.3, 0.4) is 0 Å². The molecule has 0 atom stereocenters. The van der Waals surface area contributed by atoms with Crippen LogP contribution in [-0.4, -0.2) is 18.8 Å². The van der Waals surface area contributed by atoms with Crippen molar-refractivity contribution in [3.05, 3.63) is 72.3 Å². The molecule has 0 bridgehead atoms. The molecule has 0 aliphatic carbocycles. The molecule has 24 heavy (non-hydrogen) atoms. The van der Waals surface area contributed by atoms with Gasteiger partial charge in [0.2, 0.25) is 5.91 Å². The highest BCUT2D eigenvalue weighted by Gasteiger charge is 2.09. The van der Waals surface area contributed by atoms with E-state index in [1.54, 1.807) is 18.9 Å². The van der Waals surface area contributed by atoms with Gasteiger partial charge in [-0.3, -0.25) is 4.79 Å². The van der Waals surface area contributed by atoms with Crippen molar-refractivity contribution in [1.29, 1.82) is 0 Å². The Hall–Kier alpha value is -2.46. The predicted octanol–water partition coefficient (Wildman–Crippen LogP) is 4.72. The minimum absolute atomic E-state index is 0.00579. The van der Waals surface area contributed by atoms with Crippen LogP contribution in [0.5, 0.6) is 5.75 Å². The summed E-state index contributed by atoms with van der Waals surface area (Å²) < 4.78 is 5.38. The van der Waals surface area contributed by atoms with Crippen LogP contribution >= 0.6 is 11.8 Å². The molecule has 0 spiro atoms. The van der Waals surface area contributed by atoms with Crippen molar-refractivity contribution in [2.45, 2.75) is 5.75 Å². The van der Waals surface area contributed by atoms with Gasteiger partial charge in [0.15, 0.2) is 0 Å². The van der Waals surface area contributed by atoms with Gasteiger partial charge in [-0.1, -0.05) is 54.6 Å². The zero-order valence-electron chi connectivity index (χ0n) is 13.5. The fraction of sp³-hybridized carbons (Fsp3) is 0.150. The van der Waals surface area contributed by atoms with Crippen LogP contribution < -0.4 is 10.1 Å². The Bertz CT molecular complexity index is 833. The van der Waals surface area contributed by atoms with Crippen molar-refractivity contribution < 1.29 is 9.53 Å². The number of nitrogens with one attached hydrogen (secondary N) is 1. The van der Waals surface area contributed by atoms with E-state index in [1.165, 1.54) is 5.56 Å². The number of fused-ring (bicyclic) bond motifs is 1. The molecule has 1 N–H and O–H groups in total. The van der Waals surface area contributed by atoms with Crippen molar-refractivity contribution in [3.63, 3.8) is 0 Å². The Labute approximate surface area is 146 Å². The molecule has 3 aromatic rings. The van der Waals surface area contributed by atoms with Crippen molar-refractivity contribution in [2.75, 3.05) is 18.2 Å². The number of carbonyl (C=O) groups excluding carboxylic acids is 1. The molecule has 0 fully saturated rings. The third-order valence-corrected chi connectivity index (χ3v) is 4.73. The number of benzene rings is 3. The Morgan fingerprint density at radius 3 is 2.42 bits per heavy atom. The van der Waals surface area contributed by atoms with Crippen LogP contribution in [0.25, 0.3) is 10.8 Å². The minimum atomic E-state index is 0.00579. The highest BCUT2D eigenvalue weighted by atomic mass is 32.2. The van der Waals surface area contributed by atoms with E-state index in [0.717, 1.165) is 28.0 Å². The Kier molecular flexibility index (Phi) is 5.39. The maximum atomic E-state index is 12.2. The lowest BCUT2D eigenvalue weighted by molar-refractivity contribution is -0.113. The third-order valence-electron chi connectivity index (χ3n) is 3.72. The Morgan fingerprint density at radius 2 is 1.67 bits per heavy atom. The van der Waals surface area contributed by atoms with E-state index in [4.69, 9.17) is 4.74 Å². The molecule has 0 heterocycles. The fourth-order valence-corrected chi connectivity index (χ4v) is 3.37. The standard InChI is InChI=1S/C20H19NO2S/c1-23-19-12-11-18(16-9-5-6-10-17(16)19)21-20(22)14-24-13-15-7-3-2-4-8-15/h2-12H,13-14H2,1H3,(H,21,22). The van der Waals surface area contributed by atoms with E-state index in [0.29, 0.717) is 5.75 Å². The van der Waals surface area contributed by atoms with Gasteiger partial charge in [-0.25, -0.2) is 0 Å². The maximum absolute atomic E-state index is 12.2. The normalized spacial score (nSPS) is 10.5. The van der Waals surface area contributed by atoms with Crippen molar-refractivity contribution in [1.82, 2.24) is 0 Å². The second-order valence-electron chi connectivity index (χ2n) is 5.39. The topological polar surface area (TPSA) is 38.3 Å². The second-order valence-corrected chi connectivity index (χ2v) is 6.37. The highest BCUT2D eigenvalue weighted by Crippen LogP contribution is 2.31. The minimum Gasteiger partial charge on any atom is -0.496 e. The van der Waals surface area contributed by atoms with Crippen LogP contribution in [-0.2, 0) is 10.5 Å². The average molecular weight is 337 g/mol. The largest absolute Gasteiger partial charge is 0.496 e. The molecule has 4 heteroatoms. The van der Waals surface area contributed by atoms with E-state index < -0.39 is 0 Å². The van der Waals surface area contributed by atoms with Crippen molar-refractivity contribution in [3.8, 4) is 5.75 Å². The first kappa shape index (κ1) is 16.4. The van der Waals surface area contributed by atoms with Gasteiger partial charge < -0.3 is 10.1 Å². The average Bonchev–Trinajstić information content (AvgIpc) is 2.63. The van der Waals surface area contributed by atoms with Gasteiger partial charge in [-0.05, 0) is 17.7 Å². The lowest BCUT2D eigenvalue weighted by atomic mass is 10.1. The lowest BCUT2D eigenvalue weighted by Crippen LogP contribution is -2.14. The SMILES string of the molecule is COc1ccc(NC(=O)CSCc2ccccc2)c2ccccc12. The van der Waals surface area contributed by atoms with Crippen LogP contribution in [0, 0.1) is 0 Å². The smallest absolute Gasteiger partial charge is 0.234 e. The molecular weight excluding hydrogens is 318 g/mol. The summed E-state index contributed by atoms with van der Waals surface area (Å²) in [5.74, 6) is 2.07. The van der Waals surface area contributed by atoms with Crippen LogP contribution in [0.15, 0.2) is 66.7 Å². The van der Waals surface area contributed by atoms with Crippen LogP contribution in [0.1, 0.15) is 5.56 Å². The van der Waals surface area contributed by atoms with Gasteiger partial charge in [0.1, 0.15) is 5.75 Å². The van der Waals surface area contributed by atoms with E-state index >= 15 is 0 Å². The van der Waals surface area contributed by atoms with Crippen LogP contribution in [0.2, 0.25) is 0 Å². The molecule has 3 aromatic carbocycles. The number of amides is 1. The summed E-state index contributed by atoms with van der Waals surface area (Å²) >= 11 is 1.61. The molecule has 0 aliphatic heterocycles. The van der Waals surface area contributed by atoms with Gasteiger partial charge in [0.05, 0.1) is 12.9 Å². The summed E-state index contributed by atoms with van der Waals surface area (Å²) in [6, 6.07) is 21.8. The lowest BCUT2D eigenvalue weighted by Gasteiger charge is -2.11. The first-order valence-electron chi connectivity index (χ1n) is 7.75. The fourth-order valence-electron chi connectivity index (χ4n) is 2.58. The number of hydrogen-bond donors (Lipinski definition) is 1. The van der Waals surface area contributed by atoms with E-state index in [-0.39, 0.29) is 5.91 Å². The van der Waals surface area contributed by atoms with Gasteiger partial charge >= 0.3 is 0 Å². The predicted molar refractivity (Wildman–Crippen MR) is 102 cm³/mol. The monoisotopic (exact) mass is 337 g/mol. The quantitative estimate of drug-likeness (QED) is 0.707. The Balaban J connectivity index is 1.65. The summed E-state index contributed by atoms with van der Waals surface area (Å²) in [5.41, 5.74) is 2.04. The number of rotatable bonds is 6. The van der Waals surface area contributed by atoms with E-state index in [9.17, 15) is 4.79 Å². The number of methoxy groups -OCH3 is 1. The summed E-state index contributed by atoms with van der Waals surface area (Å²) in [5, 5.41) is 4.99. The number of anilines is 1. The molecule has 0 saturated carbocycles. The third kappa shape index (κ3) is 3.89. The van der Waals surface area contributed by atoms with Gasteiger partial charge in [-0.2, -0.15) is 0 Å². The molecule has 0 saturated heterocycles.